The molecule has 0 saturated carbocycles. The van der Waals surface area contributed by atoms with Crippen LogP contribution in [0, 0.1) is 0 Å². The maximum Gasteiger partial charge on any atom is 0.513 e. The highest BCUT2D eigenvalue weighted by atomic mass is 16.7. The molecule has 1 aromatic carbocycles. The van der Waals surface area contributed by atoms with E-state index >= 15 is 0 Å². The third kappa shape index (κ3) is 6.28. The van der Waals surface area contributed by atoms with E-state index in [1.54, 1.807) is 6.92 Å². The zero-order valence-electron chi connectivity index (χ0n) is 11.7. The molecule has 0 aromatic heterocycles. The first-order chi connectivity index (χ1) is 10.0. The van der Waals surface area contributed by atoms with Gasteiger partial charge in [-0.2, -0.15) is 0 Å². The molecule has 114 valence electrons. The first-order valence-electron chi connectivity index (χ1n) is 6.11. The second-order valence-electron chi connectivity index (χ2n) is 3.69. The summed E-state index contributed by atoms with van der Waals surface area (Å²) in [5, 5.41) is 4.81. The lowest BCUT2D eigenvalue weighted by Crippen LogP contribution is -2.33. The van der Waals surface area contributed by atoms with Gasteiger partial charge in [-0.15, -0.1) is 0 Å². The van der Waals surface area contributed by atoms with Crippen LogP contribution in [0.15, 0.2) is 24.3 Å². The van der Waals surface area contributed by atoms with E-state index < -0.39 is 18.2 Å². The topological polar surface area (TPSA) is 103 Å². The summed E-state index contributed by atoms with van der Waals surface area (Å²) >= 11 is 0. The molecule has 0 aliphatic heterocycles. The molecule has 0 atom stereocenters. The number of anilines is 1. The van der Waals surface area contributed by atoms with Crippen LogP contribution in [-0.4, -0.2) is 38.4 Å². The number of amides is 2. The molecule has 0 heterocycles. The van der Waals surface area contributed by atoms with E-state index in [9.17, 15) is 14.4 Å². The Bertz CT molecular complexity index is 500. The molecule has 1 aromatic rings. The van der Waals surface area contributed by atoms with Crippen LogP contribution in [0.5, 0.6) is 5.75 Å². The van der Waals surface area contributed by atoms with Crippen LogP contribution < -0.4 is 15.4 Å². The predicted molar refractivity (Wildman–Crippen MR) is 73.1 cm³/mol. The summed E-state index contributed by atoms with van der Waals surface area (Å²) in [4.78, 5) is 33.4. The van der Waals surface area contributed by atoms with Crippen molar-refractivity contribution in [1.29, 1.82) is 0 Å². The zero-order valence-corrected chi connectivity index (χ0v) is 11.7. The minimum absolute atomic E-state index is 0.221. The van der Waals surface area contributed by atoms with Crippen molar-refractivity contribution >= 4 is 23.8 Å². The minimum Gasteiger partial charge on any atom is -0.468 e. The molecular formula is C13H16N2O6. The van der Waals surface area contributed by atoms with Gasteiger partial charge in [-0.25, -0.2) is 9.59 Å². The molecule has 0 fully saturated rings. The summed E-state index contributed by atoms with van der Waals surface area (Å²) in [6, 6.07) is 5.50. The second kappa shape index (κ2) is 8.41. The van der Waals surface area contributed by atoms with Gasteiger partial charge in [0, 0.05) is 5.69 Å². The van der Waals surface area contributed by atoms with Gasteiger partial charge in [-0.1, -0.05) is 0 Å². The number of rotatable bonds is 5. The highest BCUT2D eigenvalue weighted by Gasteiger charge is 2.07. The van der Waals surface area contributed by atoms with E-state index in [0.29, 0.717) is 5.69 Å². The molecule has 8 heteroatoms. The molecule has 8 nitrogen and oxygen atoms in total. The lowest BCUT2D eigenvalue weighted by Gasteiger charge is -2.08. The Balaban J connectivity index is 2.45. The molecule has 0 unspecified atom stereocenters. The van der Waals surface area contributed by atoms with Crippen LogP contribution in [-0.2, 0) is 14.3 Å². The smallest absolute Gasteiger partial charge is 0.468 e. The van der Waals surface area contributed by atoms with E-state index in [1.807, 2.05) is 0 Å². The third-order valence-corrected chi connectivity index (χ3v) is 2.20. The first kappa shape index (κ1) is 16.3. The Hall–Kier alpha value is -2.77. The molecule has 0 bridgehead atoms. The maximum atomic E-state index is 11.4. The normalized spacial score (nSPS) is 9.43. The van der Waals surface area contributed by atoms with E-state index in [4.69, 9.17) is 4.74 Å². The van der Waals surface area contributed by atoms with Crippen molar-refractivity contribution in [3.8, 4) is 5.75 Å². The van der Waals surface area contributed by atoms with Crippen molar-refractivity contribution in [3.63, 3.8) is 0 Å². The van der Waals surface area contributed by atoms with E-state index in [2.05, 4.69) is 20.1 Å². The predicted octanol–water partition coefficient (Wildman–Crippen LogP) is 1.52. The lowest BCUT2D eigenvalue weighted by atomic mass is 10.3. The zero-order chi connectivity index (χ0) is 15.7. The standard InChI is InChI=1S/C13H16N2O6/c1-3-20-13(18)21-10-6-4-9(5-7-10)15-12(17)14-8-11(16)19-2/h4-7H,3,8H2,1-2H3,(H2,14,15,17). The number of ether oxygens (including phenoxy) is 3. The fourth-order valence-corrected chi connectivity index (χ4v) is 1.25. The fraction of sp³-hybridized carbons (Fsp3) is 0.308. The third-order valence-electron chi connectivity index (χ3n) is 2.20. The van der Waals surface area contributed by atoms with Gasteiger partial charge >= 0.3 is 18.2 Å². The average Bonchev–Trinajstić information content (AvgIpc) is 2.47. The number of carbonyl (C=O) groups is 3. The van der Waals surface area contributed by atoms with Gasteiger partial charge < -0.3 is 24.8 Å². The molecular weight excluding hydrogens is 280 g/mol. The van der Waals surface area contributed by atoms with E-state index in [1.165, 1.54) is 31.4 Å². The summed E-state index contributed by atoms with van der Waals surface area (Å²) in [5.74, 6) is -0.266. The van der Waals surface area contributed by atoms with Crippen molar-refractivity contribution in [3.05, 3.63) is 24.3 Å². The van der Waals surface area contributed by atoms with Crippen molar-refractivity contribution in [2.75, 3.05) is 25.6 Å². The Morgan fingerprint density at radius 2 is 1.81 bits per heavy atom. The molecule has 0 aliphatic rings. The van der Waals surface area contributed by atoms with Crippen LogP contribution in [0.3, 0.4) is 0 Å². The van der Waals surface area contributed by atoms with Crippen LogP contribution in [0.4, 0.5) is 15.3 Å². The Morgan fingerprint density at radius 1 is 1.14 bits per heavy atom. The number of esters is 1. The number of nitrogens with one attached hydrogen (secondary N) is 2. The van der Waals surface area contributed by atoms with Gasteiger partial charge in [0.15, 0.2) is 0 Å². The molecule has 0 spiro atoms. The largest absolute Gasteiger partial charge is 0.513 e. The summed E-state index contributed by atoms with van der Waals surface area (Å²) in [6.07, 6.45) is -0.797. The average molecular weight is 296 g/mol. The number of hydrogen-bond acceptors (Lipinski definition) is 6. The Morgan fingerprint density at radius 3 is 2.38 bits per heavy atom. The van der Waals surface area contributed by atoms with Crippen molar-refractivity contribution < 1.29 is 28.6 Å². The number of benzene rings is 1. The number of carbonyl (C=O) groups excluding carboxylic acids is 3. The highest BCUT2D eigenvalue weighted by Crippen LogP contribution is 2.16. The van der Waals surface area contributed by atoms with Crippen molar-refractivity contribution in [1.82, 2.24) is 5.32 Å². The Labute approximate surface area is 121 Å². The fourth-order valence-electron chi connectivity index (χ4n) is 1.25. The molecule has 21 heavy (non-hydrogen) atoms. The van der Waals surface area contributed by atoms with Gasteiger partial charge in [-0.05, 0) is 31.2 Å². The minimum atomic E-state index is -0.797. The van der Waals surface area contributed by atoms with Crippen LogP contribution in [0.2, 0.25) is 0 Å². The maximum absolute atomic E-state index is 11.4. The quantitative estimate of drug-likeness (QED) is 0.630. The van der Waals surface area contributed by atoms with Crippen molar-refractivity contribution in [2.24, 2.45) is 0 Å². The highest BCUT2D eigenvalue weighted by molar-refractivity contribution is 5.91. The monoisotopic (exact) mass is 296 g/mol. The summed E-state index contributed by atoms with van der Waals surface area (Å²) < 4.78 is 13.9. The molecule has 0 saturated heterocycles. The van der Waals surface area contributed by atoms with Gasteiger partial charge in [0.25, 0.3) is 0 Å². The molecule has 0 radical (unpaired) electrons. The summed E-state index contributed by atoms with van der Waals surface area (Å²) in [6.45, 7) is 1.66. The molecule has 1 rings (SSSR count). The lowest BCUT2D eigenvalue weighted by molar-refractivity contribution is -0.139. The van der Waals surface area contributed by atoms with Gasteiger partial charge in [0.05, 0.1) is 13.7 Å². The van der Waals surface area contributed by atoms with Gasteiger partial charge in [0.1, 0.15) is 12.3 Å². The number of methoxy groups -OCH3 is 1. The van der Waals surface area contributed by atoms with Crippen LogP contribution in [0.25, 0.3) is 0 Å². The van der Waals surface area contributed by atoms with Gasteiger partial charge in [0.2, 0.25) is 0 Å². The molecule has 2 N–H and O–H groups in total. The first-order valence-corrected chi connectivity index (χ1v) is 6.11. The van der Waals surface area contributed by atoms with E-state index in [0.717, 1.165) is 0 Å². The van der Waals surface area contributed by atoms with Crippen LogP contribution >= 0.6 is 0 Å². The van der Waals surface area contributed by atoms with Gasteiger partial charge in [-0.3, -0.25) is 4.79 Å². The molecule has 0 aliphatic carbocycles. The number of urea groups is 1. The van der Waals surface area contributed by atoms with Crippen molar-refractivity contribution in [2.45, 2.75) is 6.92 Å². The molecule has 2 amide bonds. The van der Waals surface area contributed by atoms with Crippen LogP contribution in [0.1, 0.15) is 6.92 Å². The number of hydrogen-bond donors (Lipinski definition) is 2. The summed E-state index contributed by atoms with van der Waals surface area (Å²) in [5.41, 5.74) is 0.466. The summed E-state index contributed by atoms with van der Waals surface area (Å²) in [7, 11) is 1.23. The Kier molecular flexibility index (Phi) is 6.52. The SMILES string of the molecule is CCOC(=O)Oc1ccc(NC(=O)NCC(=O)OC)cc1. The van der Waals surface area contributed by atoms with E-state index in [-0.39, 0.29) is 18.9 Å². The second-order valence-corrected chi connectivity index (χ2v) is 3.69.